The normalized spacial score (nSPS) is 19.1. The fourth-order valence-corrected chi connectivity index (χ4v) is 4.88. The number of piperidine rings is 1. The highest BCUT2D eigenvalue weighted by Gasteiger charge is 2.26. The fraction of sp³-hybridized carbons (Fsp3) is 0.455. The molecule has 2 aliphatic rings. The van der Waals surface area contributed by atoms with Gasteiger partial charge in [0.2, 0.25) is 15.9 Å². The first-order valence-corrected chi connectivity index (χ1v) is 12.3. The topological polar surface area (TPSA) is 137 Å². The molecule has 0 saturated carbocycles. The number of carboxylic acids is 1. The maximum Gasteiger partial charge on any atom is 0.323 e. The van der Waals surface area contributed by atoms with E-state index < -0.39 is 22.0 Å². The molecule has 32 heavy (non-hydrogen) atoms. The Balaban J connectivity index is 1.39. The number of hydrogen-bond donors (Lipinski definition) is 5. The molecule has 1 fully saturated rings. The maximum atomic E-state index is 12.3. The lowest BCUT2D eigenvalue weighted by molar-refractivity contribution is -0.138. The minimum atomic E-state index is -4.00. The van der Waals surface area contributed by atoms with Crippen LogP contribution in [0.4, 0.5) is 0 Å². The number of benzene rings is 1. The molecule has 2 heterocycles. The van der Waals surface area contributed by atoms with Gasteiger partial charge in [-0.1, -0.05) is 24.3 Å². The van der Waals surface area contributed by atoms with Crippen LogP contribution in [0.1, 0.15) is 38.5 Å². The standard InChI is InChI=1S/C22H30N4O5S/c27-20(11-5-4-8-17-13-12-16-7-6-14-23-21(16)25-17)24-15-19(22(28)29)26-32(30,31)18-9-2-1-3-10-18/h1-3,9-10,12-13,19,21,23,25-26H,4-8,11,14-15H2,(H,24,27)(H,28,29)/t19-,21?/m0/s1. The van der Waals surface area contributed by atoms with Gasteiger partial charge in [0.15, 0.2) is 0 Å². The number of allylic oxidation sites excluding steroid dienone is 3. The number of carbonyl (C=O) groups is 2. The zero-order chi connectivity index (χ0) is 23.0. The minimum Gasteiger partial charge on any atom is -0.480 e. The summed E-state index contributed by atoms with van der Waals surface area (Å²) in [6.45, 7) is 0.676. The second kappa shape index (κ2) is 11.3. The van der Waals surface area contributed by atoms with Crippen LogP contribution in [-0.2, 0) is 19.6 Å². The van der Waals surface area contributed by atoms with E-state index in [0.29, 0.717) is 6.42 Å². The van der Waals surface area contributed by atoms with E-state index in [1.54, 1.807) is 18.2 Å². The molecule has 0 radical (unpaired) electrons. The van der Waals surface area contributed by atoms with Crippen molar-refractivity contribution in [2.75, 3.05) is 13.1 Å². The lowest BCUT2D eigenvalue weighted by Gasteiger charge is -2.32. The quantitative estimate of drug-likeness (QED) is 0.312. The molecule has 174 valence electrons. The predicted molar refractivity (Wildman–Crippen MR) is 120 cm³/mol. The maximum absolute atomic E-state index is 12.3. The minimum absolute atomic E-state index is 0.0337. The van der Waals surface area contributed by atoms with Gasteiger partial charge in [0.25, 0.3) is 0 Å². The lowest BCUT2D eigenvalue weighted by atomic mass is 9.98. The molecular formula is C22H30N4O5S. The van der Waals surface area contributed by atoms with Crippen LogP contribution < -0.4 is 20.7 Å². The molecule has 9 nitrogen and oxygen atoms in total. The average molecular weight is 463 g/mol. The molecule has 0 bridgehead atoms. The number of rotatable bonds is 11. The Kier molecular flexibility index (Phi) is 8.43. The summed E-state index contributed by atoms with van der Waals surface area (Å²) in [4.78, 5) is 23.5. The van der Waals surface area contributed by atoms with Crippen molar-refractivity contribution in [2.45, 2.75) is 55.6 Å². The van der Waals surface area contributed by atoms with Crippen molar-refractivity contribution >= 4 is 21.9 Å². The van der Waals surface area contributed by atoms with E-state index in [4.69, 9.17) is 0 Å². The number of carboxylic acid groups (broad SMARTS) is 1. The molecule has 1 aromatic carbocycles. The number of nitrogens with one attached hydrogen (secondary N) is 4. The van der Waals surface area contributed by atoms with Gasteiger partial charge in [-0.3, -0.25) is 14.9 Å². The highest BCUT2D eigenvalue weighted by atomic mass is 32.2. The highest BCUT2D eigenvalue weighted by Crippen LogP contribution is 2.20. The van der Waals surface area contributed by atoms with Crippen molar-refractivity contribution in [1.82, 2.24) is 20.7 Å². The van der Waals surface area contributed by atoms with Gasteiger partial charge in [-0.25, -0.2) is 8.42 Å². The van der Waals surface area contributed by atoms with E-state index in [0.717, 1.165) is 37.9 Å². The molecule has 5 N–H and O–H groups in total. The van der Waals surface area contributed by atoms with E-state index >= 15 is 0 Å². The monoisotopic (exact) mass is 462 g/mol. The second-order valence-corrected chi connectivity index (χ2v) is 9.62. The van der Waals surface area contributed by atoms with Crippen LogP contribution in [0.2, 0.25) is 0 Å². The van der Waals surface area contributed by atoms with Crippen molar-refractivity contribution < 1.29 is 23.1 Å². The van der Waals surface area contributed by atoms with Crippen LogP contribution in [0.15, 0.2) is 58.6 Å². The third kappa shape index (κ3) is 6.91. The van der Waals surface area contributed by atoms with Crippen LogP contribution in [0, 0.1) is 0 Å². The predicted octanol–water partition coefficient (Wildman–Crippen LogP) is 1.22. The van der Waals surface area contributed by atoms with E-state index in [-0.39, 0.29) is 29.9 Å². The summed E-state index contributed by atoms with van der Waals surface area (Å²) in [6, 6.07) is 6.05. The molecule has 1 aromatic rings. The van der Waals surface area contributed by atoms with Gasteiger partial charge in [-0.15, -0.1) is 0 Å². The largest absolute Gasteiger partial charge is 0.480 e. The van der Waals surface area contributed by atoms with Crippen molar-refractivity contribution in [3.63, 3.8) is 0 Å². The van der Waals surface area contributed by atoms with Gasteiger partial charge in [0.1, 0.15) is 6.04 Å². The zero-order valence-electron chi connectivity index (χ0n) is 17.8. The highest BCUT2D eigenvalue weighted by molar-refractivity contribution is 7.89. The number of hydrogen-bond acceptors (Lipinski definition) is 6. The molecule has 1 amide bonds. The Morgan fingerprint density at radius 1 is 1.16 bits per heavy atom. The summed E-state index contributed by atoms with van der Waals surface area (Å²) in [5.74, 6) is -1.67. The zero-order valence-corrected chi connectivity index (χ0v) is 18.7. The number of aliphatic carboxylic acids is 1. The van der Waals surface area contributed by atoms with Crippen LogP contribution in [-0.4, -0.2) is 50.7 Å². The number of unbranched alkanes of at least 4 members (excludes halogenated alkanes) is 1. The third-order valence-electron chi connectivity index (χ3n) is 5.44. The van der Waals surface area contributed by atoms with Crippen molar-refractivity contribution in [1.29, 1.82) is 0 Å². The van der Waals surface area contributed by atoms with Gasteiger partial charge in [0.05, 0.1) is 11.1 Å². The smallest absolute Gasteiger partial charge is 0.323 e. The first-order chi connectivity index (χ1) is 15.3. The fourth-order valence-electron chi connectivity index (χ4n) is 3.67. The summed E-state index contributed by atoms with van der Waals surface area (Å²) in [6.07, 6.45) is 9.24. The van der Waals surface area contributed by atoms with Gasteiger partial charge in [-0.2, -0.15) is 4.72 Å². The number of carbonyl (C=O) groups excluding carboxylic acids is 1. The van der Waals surface area contributed by atoms with Crippen LogP contribution in [0.3, 0.4) is 0 Å². The molecule has 10 heteroatoms. The summed E-state index contributed by atoms with van der Waals surface area (Å²) < 4.78 is 26.8. The third-order valence-corrected chi connectivity index (χ3v) is 6.93. The van der Waals surface area contributed by atoms with Gasteiger partial charge >= 0.3 is 5.97 Å². The van der Waals surface area contributed by atoms with Gasteiger partial charge in [-0.05, 0) is 62.4 Å². The van der Waals surface area contributed by atoms with E-state index in [9.17, 15) is 23.1 Å². The number of dihydropyridines is 1. The molecule has 0 spiro atoms. The molecule has 0 aromatic heterocycles. The second-order valence-electron chi connectivity index (χ2n) is 7.90. The van der Waals surface area contributed by atoms with Crippen LogP contribution in [0.25, 0.3) is 0 Å². The van der Waals surface area contributed by atoms with Gasteiger partial charge in [0, 0.05) is 18.7 Å². The summed E-state index contributed by atoms with van der Waals surface area (Å²) in [5.41, 5.74) is 2.50. The molecule has 1 unspecified atom stereocenters. The number of sulfonamides is 1. The Morgan fingerprint density at radius 3 is 2.69 bits per heavy atom. The van der Waals surface area contributed by atoms with Crippen molar-refractivity contribution in [3.8, 4) is 0 Å². The van der Waals surface area contributed by atoms with E-state index in [2.05, 4.69) is 32.8 Å². The molecule has 1 saturated heterocycles. The Hall–Kier alpha value is -2.69. The lowest BCUT2D eigenvalue weighted by Crippen LogP contribution is -2.48. The first kappa shape index (κ1) is 24.0. The Labute approximate surface area is 188 Å². The number of amides is 1. The van der Waals surface area contributed by atoms with Gasteiger partial charge < -0.3 is 15.7 Å². The summed E-state index contributed by atoms with van der Waals surface area (Å²) in [5, 5.41) is 18.8. The molecular weight excluding hydrogens is 432 g/mol. The van der Waals surface area contributed by atoms with Crippen molar-refractivity contribution in [3.05, 3.63) is 53.8 Å². The SMILES string of the molecule is O=C(CCCCC1=CC=C2CCCNC2N1)NC[C@H](NS(=O)(=O)c1ccccc1)C(=O)O. The first-order valence-electron chi connectivity index (χ1n) is 10.8. The molecule has 2 atom stereocenters. The van der Waals surface area contributed by atoms with Crippen LogP contribution in [0.5, 0.6) is 0 Å². The van der Waals surface area contributed by atoms with Crippen molar-refractivity contribution in [2.24, 2.45) is 0 Å². The molecule has 3 rings (SSSR count). The summed E-state index contributed by atoms with van der Waals surface area (Å²) in [7, 11) is -4.00. The summed E-state index contributed by atoms with van der Waals surface area (Å²) >= 11 is 0. The molecule has 2 aliphatic heterocycles. The van der Waals surface area contributed by atoms with E-state index in [1.807, 2.05) is 0 Å². The van der Waals surface area contributed by atoms with E-state index in [1.165, 1.54) is 17.7 Å². The number of fused-ring (bicyclic) bond motifs is 1. The average Bonchev–Trinajstić information content (AvgIpc) is 2.79. The Bertz CT molecular complexity index is 975. The molecule has 0 aliphatic carbocycles. The van der Waals surface area contributed by atoms with Crippen LogP contribution >= 0.6 is 0 Å². The Morgan fingerprint density at radius 2 is 1.94 bits per heavy atom.